The van der Waals surface area contributed by atoms with E-state index in [0.29, 0.717) is 5.78 Å². The molecule has 78 valence electrons. The molecule has 0 amide bonds. The minimum atomic E-state index is 0.257. The lowest BCUT2D eigenvalue weighted by atomic mass is 9.66. The van der Waals surface area contributed by atoms with Crippen molar-refractivity contribution in [3.05, 3.63) is 12.7 Å². The van der Waals surface area contributed by atoms with Crippen LogP contribution in [0, 0.1) is 16.7 Å². The summed E-state index contributed by atoms with van der Waals surface area (Å²) in [4.78, 5) is 11.9. The number of hydrogen-bond acceptors (Lipinski definition) is 1. The first kappa shape index (κ1) is 9.95. The van der Waals surface area contributed by atoms with E-state index in [1.807, 2.05) is 6.08 Å². The molecule has 3 atom stereocenters. The maximum absolute atomic E-state index is 11.9. The van der Waals surface area contributed by atoms with E-state index < -0.39 is 0 Å². The molecule has 0 bridgehead atoms. The smallest absolute Gasteiger partial charge is 0.137 e. The Balaban J connectivity index is 2.34. The van der Waals surface area contributed by atoms with Crippen LogP contribution in [0.25, 0.3) is 0 Å². The molecule has 2 saturated carbocycles. The molecule has 0 radical (unpaired) electrons. The van der Waals surface area contributed by atoms with Crippen LogP contribution >= 0.6 is 0 Å². The van der Waals surface area contributed by atoms with E-state index in [0.717, 1.165) is 12.8 Å². The highest BCUT2D eigenvalue weighted by Crippen LogP contribution is 2.64. The number of Topliss-reactive ketones (excluding diaryl/α,β-unsaturated/α-hetero) is 1. The van der Waals surface area contributed by atoms with E-state index in [2.05, 4.69) is 20.4 Å². The van der Waals surface area contributed by atoms with Crippen LogP contribution in [0.1, 0.15) is 46.0 Å². The standard InChI is InChI=1S/C13H20O/c1-4-6-10-11(14)9-12(2)7-5-8-13(10,12)3/h4,10H,1,5-9H2,2-3H3/t10?,12-,13+/m1/s1. The molecule has 2 fully saturated rings. The highest BCUT2D eigenvalue weighted by atomic mass is 16.1. The van der Waals surface area contributed by atoms with Crippen molar-refractivity contribution in [2.24, 2.45) is 16.7 Å². The van der Waals surface area contributed by atoms with Gasteiger partial charge in [-0.25, -0.2) is 0 Å². The number of fused-ring (bicyclic) bond motifs is 1. The van der Waals surface area contributed by atoms with Gasteiger partial charge in [0.15, 0.2) is 0 Å². The predicted molar refractivity (Wildman–Crippen MR) is 58.0 cm³/mol. The van der Waals surface area contributed by atoms with E-state index in [9.17, 15) is 4.79 Å². The van der Waals surface area contributed by atoms with E-state index in [4.69, 9.17) is 0 Å². The lowest BCUT2D eigenvalue weighted by Gasteiger charge is -2.37. The molecule has 0 aromatic heterocycles. The van der Waals surface area contributed by atoms with E-state index in [1.54, 1.807) is 0 Å². The minimum Gasteiger partial charge on any atom is -0.299 e. The third-order valence-corrected chi connectivity index (χ3v) is 4.93. The number of ketones is 1. The average Bonchev–Trinajstić information content (AvgIpc) is 2.46. The van der Waals surface area contributed by atoms with Crippen molar-refractivity contribution in [2.75, 3.05) is 0 Å². The zero-order valence-electron chi connectivity index (χ0n) is 9.31. The molecule has 0 heterocycles. The predicted octanol–water partition coefficient (Wildman–Crippen LogP) is 3.35. The van der Waals surface area contributed by atoms with Crippen LogP contribution < -0.4 is 0 Å². The van der Waals surface area contributed by atoms with Gasteiger partial charge in [0.25, 0.3) is 0 Å². The van der Waals surface area contributed by atoms with Gasteiger partial charge in [-0.2, -0.15) is 0 Å². The molecule has 0 N–H and O–H groups in total. The van der Waals surface area contributed by atoms with Gasteiger partial charge in [0.05, 0.1) is 0 Å². The lowest BCUT2D eigenvalue weighted by Crippen LogP contribution is -2.32. The molecule has 1 nitrogen and oxygen atoms in total. The zero-order valence-corrected chi connectivity index (χ0v) is 9.31. The van der Waals surface area contributed by atoms with Crippen LogP contribution in [-0.4, -0.2) is 5.78 Å². The molecule has 0 spiro atoms. The molecule has 0 aromatic rings. The topological polar surface area (TPSA) is 17.1 Å². The van der Waals surface area contributed by atoms with Crippen molar-refractivity contribution < 1.29 is 4.79 Å². The van der Waals surface area contributed by atoms with Gasteiger partial charge in [-0.15, -0.1) is 6.58 Å². The summed E-state index contributed by atoms with van der Waals surface area (Å²) >= 11 is 0. The minimum absolute atomic E-state index is 0.257. The van der Waals surface area contributed by atoms with Crippen LogP contribution in [0.5, 0.6) is 0 Å². The van der Waals surface area contributed by atoms with Gasteiger partial charge < -0.3 is 0 Å². The molecular formula is C13H20O. The Morgan fingerprint density at radius 2 is 2.21 bits per heavy atom. The number of carbonyl (C=O) groups is 1. The molecular weight excluding hydrogens is 172 g/mol. The first-order chi connectivity index (χ1) is 6.53. The summed E-state index contributed by atoms with van der Waals surface area (Å²) in [6.45, 7) is 8.40. The zero-order chi connectivity index (χ0) is 10.4. The summed E-state index contributed by atoms with van der Waals surface area (Å²) in [5, 5.41) is 0. The van der Waals surface area contributed by atoms with Crippen molar-refractivity contribution in [1.29, 1.82) is 0 Å². The highest BCUT2D eigenvalue weighted by molar-refractivity contribution is 5.85. The molecule has 2 rings (SSSR count). The summed E-state index contributed by atoms with van der Waals surface area (Å²) in [5.74, 6) is 0.738. The van der Waals surface area contributed by atoms with Gasteiger partial charge in [-0.1, -0.05) is 26.3 Å². The molecule has 1 heteroatoms. The molecule has 2 aliphatic carbocycles. The van der Waals surface area contributed by atoms with Crippen LogP contribution in [0.15, 0.2) is 12.7 Å². The Kier molecular flexibility index (Phi) is 2.09. The summed E-state index contributed by atoms with van der Waals surface area (Å²) in [6, 6.07) is 0. The van der Waals surface area contributed by atoms with Gasteiger partial charge >= 0.3 is 0 Å². The maximum Gasteiger partial charge on any atom is 0.137 e. The number of hydrogen-bond donors (Lipinski definition) is 0. The van der Waals surface area contributed by atoms with Crippen LogP contribution in [-0.2, 0) is 4.79 Å². The average molecular weight is 192 g/mol. The van der Waals surface area contributed by atoms with Gasteiger partial charge in [0, 0.05) is 12.3 Å². The summed E-state index contributed by atoms with van der Waals surface area (Å²) in [7, 11) is 0. The van der Waals surface area contributed by atoms with Crippen molar-refractivity contribution in [3.8, 4) is 0 Å². The molecule has 0 aromatic carbocycles. The van der Waals surface area contributed by atoms with E-state index >= 15 is 0 Å². The third kappa shape index (κ3) is 1.04. The quantitative estimate of drug-likeness (QED) is 0.613. The number of allylic oxidation sites excluding steroid dienone is 1. The highest BCUT2D eigenvalue weighted by Gasteiger charge is 2.60. The second kappa shape index (κ2) is 2.95. The fraction of sp³-hybridized carbons (Fsp3) is 0.769. The fourth-order valence-corrected chi connectivity index (χ4v) is 3.74. The summed E-state index contributed by atoms with van der Waals surface area (Å²) in [5.41, 5.74) is 0.552. The number of rotatable bonds is 2. The van der Waals surface area contributed by atoms with Gasteiger partial charge in [0.2, 0.25) is 0 Å². The Hall–Kier alpha value is -0.590. The number of carbonyl (C=O) groups excluding carboxylic acids is 1. The van der Waals surface area contributed by atoms with E-state index in [-0.39, 0.29) is 16.7 Å². The van der Waals surface area contributed by atoms with Crippen molar-refractivity contribution in [2.45, 2.75) is 46.0 Å². The first-order valence-corrected chi connectivity index (χ1v) is 5.67. The molecule has 0 saturated heterocycles. The second-order valence-corrected chi connectivity index (χ2v) is 5.55. The van der Waals surface area contributed by atoms with Crippen molar-refractivity contribution >= 4 is 5.78 Å². The van der Waals surface area contributed by atoms with Gasteiger partial charge in [-0.3, -0.25) is 4.79 Å². The largest absolute Gasteiger partial charge is 0.299 e. The molecule has 1 unspecified atom stereocenters. The normalized spacial score (nSPS) is 46.7. The second-order valence-electron chi connectivity index (χ2n) is 5.55. The van der Waals surface area contributed by atoms with Gasteiger partial charge in [-0.05, 0) is 30.1 Å². The van der Waals surface area contributed by atoms with Crippen LogP contribution in [0.3, 0.4) is 0 Å². The van der Waals surface area contributed by atoms with Crippen LogP contribution in [0.2, 0.25) is 0 Å². The van der Waals surface area contributed by atoms with Crippen molar-refractivity contribution in [1.82, 2.24) is 0 Å². The van der Waals surface area contributed by atoms with Crippen molar-refractivity contribution in [3.63, 3.8) is 0 Å². The fourth-order valence-electron chi connectivity index (χ4n) is 3.74. The Morgan fingerprint density at radius 3 is 2.86 bits per heavy atom. The van der Waals surface area contributed by atoms with E-state index in [1.165, 1.54) is 19.3 Å². The molecule has 2 aliphatic rings. The van der Waals surface area contributed by atoms with Crippen LogP contribution in [0.4, 0.5) is 0 Å². The Morgan fingerprint density at radius 1 is 1.50 bits per heavy atom. The van der Waals surface area contributed by atoms with Gasteiger partial charge in [0.1, 0.15) is 5.78 Å². The Labute approximate surface area is 86.6 Å². The third-order valence-electron chi connectivity index (χ3n) is 4.93. The maximum atomic E-state index is 11.9. The Bertz CT molecular complexity index is 281. The monoisotopic (exact) mass is 192 g/mol. The summed E-state index contributed by atoms with van der Waals surface area (Å²) in [6.07, 6.45) is 7.37. The molecule has 14 heavy (non-hydrogen) atoms. The SMILES string of the molecule is C=CCC1C(=O)C[C@@]2(C)CCC[C@@]12C. The molecule has 0 aliphatic heterocycles. The summed E-state index contributed by atoms with van der Waals surface area (Å²) < 4.78 is 0. The lowest BCUT2D eigenvalue weighted by molar-refractivity contribution is -0.122. The first-order valence-electron chi connectivity index (χ1n) is 5.67.